The van der Waals surface area contributed by atoms with Crippen LogP contribution in [0, 0.1) is 0 Å². The maximum Gasteiger partial charge on any atom is 0.253 e. The molecule has 6 heteroatoms. The fourth-order valence-electron chi connectivity index (χ4n) is 2.86. The van der Waals surface area contributed by atoms with Gasteiger partial charge in [-0.15, -0.1) is 0 Å². The largest absolute Gasteiger partial charge is 0.375 e. The number of carbonyl (C=O) groups is 1. The summed E-state index contributed by atoms with van der Waals surface area (Å²) in [5.41, 5.74) is 2.99. The van der Waals surface area contributed by atoms with E-state index in [0.717, 1.165) is 37.6 Å². The van der Waals surface area contributed by atoms with E-state index < -0.39 is 0 Å². The van der Waals surface area contributed by atoms with Gasteiger partial charge >= 0.3 is 0 Å². The summed E-state index contributed by atoms with van der Waals surface area (Å²) in [6.07, 6.45) is 1.01. The molecule has 0 unspecified atom stereocenters. The lowest BCUT2D eigenvalue weighted by Crippen LogP contribution is -2.38. The van der Waals surface area contributed by atoms with E-state index in [9.17, 15) is 4.79 Å². The van der Waals surface area contributed by atoms with Gasteiger partial charge < -0.3 is 20.4 Å². The highest BCUT2D eigenvalue weighted by atomic mass is 16.2. The molecule has 29 heavy (non-hydrogen) atoms. The molecule has 2 rings (SSSR count). The van der Waals surface area contributed by atoms with Crippen molar-refractivity contribution < 1.29 is 4.79 Å². The fourth-order valence-corrected chi connectivity index (χ4v) is 2.86. The number of amides is 1. The molecule has 6 nitrogen and oxygen atoms in total. The Morgan fingerprint density at radius 3 is 2.28 bits per heavy atom. The Bertz CT molecular complexity index is 772. The minimum Gasteiger partial charge on any atom is -0.375 e. The fraction of sp³-hybridized carbons (Fsp3) is 0.391. The lowest BCUT2D eigenvalue weighted by Gasteiger charge is -2.19. The van der Waals surface area contributed by atoms with Gasteiger partial charge in [0, 0.05) is 52.0 Å². The molecule has 2 N–H and O–H groups in total. The second-order valence-corrected chi connectivity index (χ2v) is 7.13. The Kier molecular flexibility index (Phi) is 9.02. The van der Waals surface area contributed by atoms with Crippen LogP contribution >= 0.6 is 0 Å². The van der Waals surface area contributed by atoms with Crippen LogP contribution in [-0.2, 0) is 6.54 Å². The average molecular weight is 396 g/mol. The van der Waals surface area contributed by atoms with Gasteiger partial charge in [0.2, 0.25) is 0 Å². The standard InChI is InChI=1S/C23H33N5O/c1-5-24-23(25-16-9-17-28(4)21-10-7-6-8-11-21)26-18-19-12-14-20(15-13-19)22(29)27(2)3/h6-8,10-15H,5,9,16-18H2,1-4H3,(H2,24,25,26). The van der Waals surface area contributed by atoms with Crippen LogP contribution in [0.1, 0.15) is 29.3 Å². The van der Waals surface area contributed by atoms with Crippen LogP contribution in [0.5, 0.6) is 0 Å². The number of guanidine groups is 1. The molecule has 2 aromatic carbocycles. The molecule has 0 bridgehead atoms. The molecule has 2 aromatic rings. The summed E-state index contributed by atoms with van der Waals surface area (Å²) >= 11 is 0. The Balaban J connectivity index is 1.82. The molecular formula is C23H33N5O. The summed E-state index contributed by atoms with van der Waals surface area (Å²) < 4.78 is 0. The predicted molar refractivity (Wildman–Crippen MR) is 122 cm³/mol. The third-order valence-electron chi connectivity index (χ3n) is 4.53. The van der Waals surface area contributed by atoms with E-state index >= 15 is 0 Å². The average Bonchev–Trinajstić information content (AvgIpc) is 2.75. The van der Waals surface area contributed by atoms with Gasteiger partial charge in [-0.05, 0) is 43.2 Å². The maximum absolute atomic E-state index is 12.0. The zero-order valence-corrected chi connectivity index (χ0v) is 18.0. The Morgan fingerprint density at radius 2 is 1.66 bits per heavy atom. The van der Waals surface area contributed by atoms with Gasteiger partial charge in [-0.2, -0.15) is 0 Å². The van der Waals surface area contributed by atoms with Crippen molar-refractivity contribution in [1.29, 1.82) is 0 Å². The lowest BCUT2D eigenvalue weighted by atomic mass is 10.1. The first-order chi connectivity index (χ1) is 14.0. The van der Waals surface area contributed by atoms with Crippen LogP contribution in [0.25, 0.3) is 0 Å². The summed E-state index contributed by atoms with van der Waals surface area (Å²) in [7, 11) is 5.62. The van der Waals surface area contributed by atoms with Crippen LogP contribution in [0.15, 0.2) is 59.6 Å². The number of hydrogen-bond donors (Lipinski definition) is 2. The predicted octanol–water partition coefficient (Wildman–Crippen LogP) is 2.97. The van der Waals surface area contributed by atoms with Crippen molar-refractivity contribution in [2.45, 2.75) is 19.9 Å². The monoisotopic (exact) mass is 395 g/mol. The molecule has 156 valence electrons. The molecule has 0 heterocycles. The van der Waals surface area contributed by atoms with Gasteiger partial charge in [0.05, 0.1) is 6.54 Å². The Labute approximate surface area is 174 Å². The van der Waals surface area contributed by atoms with E-state index in [-0.39, 0.29) is 5.91 Å². The Hall–Kier alpha value is -3.02. The highest BCUT2D eigenvalue weighted by molar-refractivity contribution is 5.93. The molecule has 0 aromatic heterocycles. The van der Waals surface area contributed by atoms with E-state index in [1.807, 2.05) is 30.3 Å². The maximum atomic E-state index is 12.0. The summed E-state index contributed by atoms with van der Waals surface area (Å²) in [5.74, 6) is 0.818. The molecule has 0 aliphatic rings. The van der Waals surface area contributed by atoms with Crippen LogP contribution in [0.2, 0.25) is 0 Å². The first-order valence-electron chi connectivity index (χ1n) is 10.1. The number of nitrogens with one attached hydrogen (secondary N) is 2. The van der Waals surface area contributed by atoms with Gasteiger partial charge in [0.15, 0.2) is 5.96 Å². The summed E-state index contributed by atoms with van der Waals surface area (Å²) in [6, 6.07) is 18.0. The van der Waals surface area contributed by atoms with Crippen LogP contribution in [0.3, 0.4) is 0 Å². The second-order valence-electron chi connectivity index (χ2n) is 7.13. The third kappa shape index (κ3) is 7.49. The number of aliphatic imine (C=N–C) groups is 1. The highest BCUT2D eigenvalue weighted by Crippen LogP contribution is 2.11. The van der Waals surface area contributed by atoms with Crippen molar-refractivity contribution in [2.75, 3.05) is 45.7 Å². The molecule has 0 atom stereocenters. The molecule has 1 amide bonds. The molecule has 0 spiro atoms. The molecule has 0 aliphatic heterocycles. The quantitative estimate of drug-likeness (QED) is 0.389. The van der Waals surface area contributed by atoms with E-state index in [0.29, 0.717) is 12.1 Å². The Morgan fingerprint density at radius 1 is 0.966 bits per heavy atom. The molecular weight excluding hydrogens is 362 g/mol. The van der Waals surface area contributed by atoms with E-state index in [2.05, 4.69) is 58.8 Å². The van der Waals surface area contributed by atoms with Crippen LogP contribution < -0.4 is 15.5 Å². The number of para-hydroxylation sites is 1. The van der Waals surface area contributed by atoms with Gasteiger partial charge in [0.25, 0.3) is 5.91 Å². The van der Waals surface area contributed by atoms with Gasteiger partial charge in [-0.25, -0.2) is 4.99 Å². The van der Waals surface area contributed by atoms with Crippen molar-refractivity contribution in [3.8, 4) is 0 Å². The van der Waals surface area contributed by atoms with Gasteiger partial charge in [-0.3, -0.25) is 4.79 Å². The zero-order chi connectivity index (χ0) is 21.1. The second kappa shape index (κ2) is 11.7. The molecule has 0 aliphatic carbocycles. The van der Waals surface area contributed by atoms with Crippen molar-refractivity contribution in [3.05, 3.63) is 65.7 Å². The summed E-state index contributed by atoms with van der Waals surface area (Å²) in [5, 5.41) is 6.68. The highest BCUT2D eigenvalue weighted by Gasteiger charge is 2.07. The van der Waals surface area contributed by atoms with Gasteiger partial charge in [-0.1, -0.05) is 30.3 Å². The number of carbonyl (C=O) groups excluding carboxylic acids is 1. The number of anilines is 1. The van der Waals surface area contributed by atoms with Crippen molar-refractivity contribution in [3.63, 3.8) is 0 Å². The smallest absolute Gasteiger partial charge is 0.253 e. The SMILES string of the molecule is CCNC(=NCc1ccc(C(=O)N(C)C)cc1)NCCCN(C)c1ccccc1. The van der Waals surface area contributed by atoms with Crippen LogP contribution in [0.4, 0.5) is 5.69 Å². The lowest BCUT2D eigenvalue weighted by molar-refractivity contribution is 0.0827. The zero-order valence-electron chi connectivity index (χ0n) is 18.0. The molecule has 0 fully saturated rings. The van der Waals surface area contributed by atoms with Crippen LogP contribution in [-0.4, -0.2) is 57.5 Å². The normalized spacial score (nSPS) is 11.1. The minimum atomic E-state index is 0.00975. The van der Waals surface area contributed by atoms with E-state index in [1.165, 1.54) is 5.69 Å². The number of nitrogens with zero attached hydrogens (tertiary/aromatic N) is 3. The van der Waals surface area contributed by atoms with E-state index in [4.69, 9.17) is 0 Å². The molecule has 0 saturated heterocycles. The van der Waals surface area contributed by atoms with Crippen molar-refractivity contribution >= 4 is 17.6 Å². The minimum absolute atomic E-state index is 0.00975. The summed E-state index contributed by atoms with van der Waals surface area (Å²) in [4.78, 5) is 20.5. The number of rotatable bonds is 9. The first kappa shape index (κ1) is 22.3. The van der Waals surface area contributed by atoms with Crippen molar-refractivity contribution in [2.24, 2.45) is 4.99 Å². The molecule has 0 radical (unpaired) electrons. The molecule has 0 saturated carbocycles. The number of benzene rings is 2. The number of hydrogen-bond acceptors (Lipinski definition) is 3. The van der Waals surface area contributed by atoms with E-state index in [1.54, 1.807) is 19.0 Å². The summed E-state index contributed by atoms with van der Waals surface area (Å²) in [6.45, 7) is 5.25. The first-order valence-corrected chi connectivity index (χ1v) is 10.1. The van der Waals surface area contributed by atoms with Crippen molar-refractivity contribution in [1.82, 2.24) is 15.5 Å². The topological polar surface area (TPSA) is 60.0 Å². The van der Waals surface area contributed by atoms with Gasteiger partial charge in [0.1, 0.15) is 0 Å². The third-order valence-corrected chi connectivity index (χ3v) is 4.53.